The molecule has 0 radical (unpaired) electrons. The van der Waals surface area contributed by atoms with E-state index in [1.165, 1.54) is 6.92 Å². The van der Waals surface area contributed by atoms with Gasteiger partial charge in [-0.25, -0.2) is 0 Å². The number of ether oxygens (including phenoxy) is 1. The number of hydrogen-bond acceptors (Lipinski definition) is 5. The molecule has 6 nitrogen and oxygen atoms in total. The van der Waals surface area contributed by atoms with Gasteiger partial charge in [-0.05, 0) is 43.4 Å². The fraction of sp³-hybridized carbons (Fsp3) is 0.550. The van der Waals surface area contributed by atoms with E-state index in [4.69, 9.17) is 4.74 Å². The smallest absolute Gasteiger partial charge is 0.313 e. The standard InChI is InChI=1S/C20H29NO5/c1-5-26-19(24)12-18(23)13-20(25,14(2)3)11-10-16-6-8-17(9-7-16)21-15(4)22/h6-9,14,25H,5,10-13H2,1-4H3,(H,21,22). The number of carbonyl (C=O) groups excluding carboxylic acids is 3. The van der Waals surface area contributed by atoms with Crippen LogP contribution < -0.4 is 5.32 Å². The Hall–Kier alpha value is -2.21. The van der Waals surface area contributed by atoms with Crippen LogP contribution in [0.2, 0.25) is 0 Å². The minimum atomic E-state index is -1.18. The fourth-order valence-corrected chi connectivity index (χ4v) is 2.68. The van der Waals surface area contributed by atoms with Crippen molar-refractivity contribution in [2.45, 2.75) is 59.0 Å². The highest BCUT2D eigenvalue weighted by Crippen LogP contribution is 2.28. The van der Waals surface area contributed by atoms with E-state index in [0.29, 0.717) is 18.5 Å². The normalized spacial score (nSPS) is 13.2. The van der Waals surface area contributed by atoms with Crippen LogP contribution in [0.1, 0.15) is 52.5 Å². The first-order valence-corrected chi connectivity index (χ1v) is 8.92. The van der Waals surface area contributed by atoms with Crippen molar-refractivity contribution < 1.29 is 24.2 Å². The molecule has 1 aromatic rings. The van der Waals surface area contributed by atoms with Crippen LogP contribution in [-0.4, -0.2) is 35.0 Å². The fourth-order valence-electron chi connectivity index (χ4n) is 2.68. The van der Waals surface area contributed by atoms with E-state index in [-0.39, 0.29) is 37.1 Å². The Morgan fingerprint density at radius 2 is 1.81 bits per heavy atom. The summed E-state index contributed by atoms with van der Waals surface area (Å²) in [5.74, 6) is -1.14. The number of esters is 1. The summed E-state index contributed by atoms with van der Waals surface area (Å²) in [6, 6.07) is 7.37. The SMILES string of the molecule is CCOC(=O)CC(=O)CC(O)(CCc1ccc(NC(C)=O)cc1)C(C)C. The van der Waals surface area contributed by atoms with Crippen molar-refractivity contribution in [2.24, 2.45) is 5.92 Å². The number of hydrogen-bond donors (Lipinski definition) is 2. The molecule has 0 bridgehead atoms. The molecule has 26 heavy (non-hydrogen) atoms. The minimum Gasteiger partial charge on any atom is -0.466 e. The first kappa shape index (κ1) is 21.8. The number of nitrogens with one attached hydrogen (secondary N) is 1. The molecule has 2 N–H and O–H groups in total. The molecule has 1 unspecified atom stereocenters. The Morgan fingerprint density at radius 3 is 2.31 bits per heavy atom. The van der Waals surface area contributed by atoms with E-state index >= 15 is 0 Å². The van der Waals surface area contributed by atoms with Gasteiger partial charge in [0.25, 0.3) is 0 Å². The number of Topliss-reactive ketones (excluding diaryl/α,β-unsaturated/α-hetero) is 1. The molecule has 1 aromatic carbocycles. The average Bonchev–Trinajstić information content (AvgIpc) is 2.53. The van der Waals surface area contributed by atoms with Gasteiger partial charge < -0.3 is 15.2 Å². The third-order valence-electron chi connectivity index (χ3n) is 4.35. The van der Waals surface area contributed by atoms with E-state index in [1.807, 2.05) is 26.0 Å². The molecule has 0 heterocycles. The number of benzene rings is 1. The minimum absolute atomic E-state index is 0.0759. The van der Waals surface area contributed by atoms with E-state index in [9.17, 15) is 19.5 Å². The van der Waals surface area contributed by atoms with Crippen LogP contribution in [0.25, 0.3) is 0 Å². The van der Waals surface area contributed by atoms with Crippen LogP contribution in [0.4, 0.5) is 5.69 Å². The number of aliphatic hydroxyl groups is 1. The van der Waals surface area contributed by atoms with Gasteiger partial charge in [0.15, 0.2) is 0 Å². The number of carbonyl (C=O) groups is 3. The number of amides is 1. The Bertz CT molecular complexity index is 624. The maximum Gasteiger partial charge on any atom is 0.313 e. The van der Waals surface area contributed by atoms with Crippen LogP contribution in [0.15, 0.2) is 24.3 Å². The zero-order valence-electron chi connectivity index (χ0n) is 16.0. The lowest BCUT2D eigenvalue weighted by molar-refractivity contribution is -0.146. The summed E-state index contributed by atoms with van der Waals surface area (Å²) in [5, 5.41) is 13.6. The van der Waals surface area contributed by atoms with Crippen LogP contribution in [0.3, 0.4) is 0 Å². The zero-order chi connectivity index (χ0) is 19.7. The van der Waals surface area contributed by atoms with Gasteiger partial charge in [-0.1, -0.05) is 26.0 Å². The summed E-state index contributed by atoms with van der Waals surface area (Å²) in [6.45, 7) is 7.08. The molecular weight excluding hydrogens is 334 g/mol. The number of aryl methyl sites for hydroxylation is 1. The van der Waals surface area contributed by atoms with E-state index in [2.05, 4.69) is 5.32 Å². The Morgan fingerprint density at radius 1 is 1.19 bits per heavy atom. The molecular formula is C20H29NO5. The number of anilines is 1. The van der Waals surface area contributed by atoms with Crippen molar-refractivity contribution in [1.29, 1.82) is 0 Å². The molecule has 1 rings (SSSR count). The molecule has 0 fully saturated rings. The van der Waals surface area contributed by atoms with Crippen molar-refractivity contribution in [3.63, 3.8) is 0 Å². The highest BCUT2D eigenvalue weighted by Gasteiger charge is 2.33. The van der Waals surface area contributed by atoms with Gasteiger partial charge in [0.2, 0.25) is 5.91 Å². The summed E-state index contributed by atoms with van der Waals surface area (Å²) in [5.41, 5.74) is 0.529. The second kappa shape index (κ2) is 10.1. The summed E-state index contributed by atoms with van der Waals surface area (Å²) >= 11 is 0. The summed E-state index contributed by atoms with van der Waals surface area (Å²) < 4.78 is 4.78. The third-order valence-corrected chi connectivity index (χ3v) is 4.35. The van der Waals surface area contributed by atoms with Gasteiger partial charge in [-0.3, -0.25) is 14.4 Å². The topological polar surface area (TPSA) is 92.7 Å². The summed E-state index contributed by atoms with van der Waals surface area (Å²) in [4.78, 5) is 34.6. The van der Waals surface area contributed by atoms with Gasteiger partial charge in [0, 0.05) is 19.0 Å². The molecule has 6 heteroatoms. The Balaban J connectivity index is 2.67. The zero-order valence-corrected chi connectivity index (χ0v) is 16.0. The Labute approximate surface area is 154 Å². The maximum atomic E-state index is 12.1. The van der Waals surface area contributed by atoms with Crippen LogP contribution >= 0.6 is 0 Å². The van der Waals surface area contributed by atoms with E-state index in [1.54, 1.807) is 19.1 Å². The molecule has 0 aliphatic rings. The molecule has 0 aromatic heterocycles. The van der Waals surface area contributed by atoms with Crippen LogP contribution in [0, 0.1) is 5.92 Å². The van der Waals surface area contributed by atoms with Gasteiger partial charge in [-0.2, -0.15) is 0 Å². The van der Waals surface area contributed by atoms with Gasteiger partial charge in [0.1, 0.15) is 12.2 Å². The van der Waals surface area contributed by atoms with E-state index < -0.39 is 11.6 Å². The quantitative estimate of drug-likeness (QED) is 0.492. The largest absolute Gasteiger partial charge is 0.466 e. The van der Waals surface area contributed by atoms with E-state index in [0.717, 1.165) is 5.56 Å². The molecule has 0 aliphatic heterocycles. The monoisotopic (exact) mass is 363 g/mol. The van der Waals surface area contributed by atoms with Crippen molar-refractivity contribution in [2.75, 3.05) is 11.9 Å². The van der Waals surface area contributed by atoms with Crippen LogP contribution in [0.5, 0.6) is 0 Å². The number of ketones is 1. The second-order valence-electron chi connectivity index (χ2n) is 6.83. The lowest BCUT2D eigenvalue weighted by Crippen LogP contribution is -2.38. The molecule has 1 amide bonds. The summed E-state index contributed by atoms with van der Waals surface area (Å²) in [7, 11) is 0. The first-order chi connectivity index (χ1) is 12.2. The maximum absolute atomic E-state index is 12.1. The molecule has 144 valence electrons. The molecule has 0 aliphatic carbocycles. The van der Waals surface area contributed by atoms with Crippen molar-refractivity contribution in [3.8, 4) is 0 Å². The molecule has 1 atom stereocenters. The van der Waals surface area contributed by atoms with Gasteiger partial charge in [0.05, 0.1) is 12.2 Å². The highest BCUT2D eigenvalue weighted by molar-refractivity contribution is 5.96. The number of rotatable bonds is 10. The molecule has 0 saturated carbocycles. The molecule has 0 saturated heterocycles. The van der Waals surface area contributed by atoms with Crippen molar-refractivity contribution >= 4 is 23.3 Å². The van der Waals surface area contributed by atoms with Crippen molar-refractivity contribution in [1.82, 2.24) is 0 Å². The lowest BCUT2D eigenvalue weighted by atomic mass is 9.80. The highest BCUT2D eigenvalue weighted by atomic mass is 16.5. The van der Waals surface area contributed by atoms with Gasteiger partial charge >= 0.3 is 5.97 Å². The lowest BCUT2D eigenvalue weighted by Gasteiger charge is -2.32. The second-order valence-corrected chi connectivity index (χ2v) is 6.83. The van der Waals surface area contributed by atoms with Crippen molar-refractivity contribution in [3.05, 3.63) is 29.8 Å². The summed E-state index contributed by atoms with van der Waals surface area (Å²) in [6.07, 6.45) is 0.599. The third kappa shape index (κ3) is 7.35. The average molecular weight is 363 g/mol. The Kier molecular flexibility index (Phi) is 8.45. The predicted octanol–water partition coefficient (Wildman–Crippen LogP) is 2.88. The van der Waals surface area contributed by atoms with Crippen LogP contribution in [-0.2, 0) is 25.5 Å². The molecule has 0 spiro atoms. The first-order valence-electron chi connectivity index (χ1n) is 8.92. The predicted molar refractivity (Wildman–Crippen MR) is 99.7 cm³/mol. The van der Waals surface area contributed by atoms with Gasteiger partial charge in [-0.15, -0.1) is 0 Å².